The van der Waals surface area contributed by atoms with Crippen molar-refractivity contribution in [3.8, 4) is 0 Å². The van der Waals surface area contributed by atoms with E-state index in [2.05, 4.69) is 28.9 Å². The molecule has 66 valence electrons. The summed E-state index contributed by atoms with van der Waals surface area (Å²) in [6.45, 7) is 7.36. The van der Waals surface area contributed by atoms with Gasteiger partial charge in [0, 0.05) is 13.1 Å². The topological polar surface area (TPSA) is 29.9 Å². The Bertz CT molecular complexity index is 288. The molecule has 0 atom stereocenters. The second kappa shape index (κ2) is 2.90. The Kier molecular flexibility index (Phi) is 1.89. The minimum Gasteiger partial charge on any atom is -0.309 e. The molecule has 1 aliphatic heterocycles. The van der Waals surface area contributed by atoms with Crippen LogP contribution in [0.5, 0.6) is 0 Å². The van der Waals surface area contributed by atoms with Crippen LogP contribution in [0.1, 0.15) is 23.9 Å². The van der Waals surface area contributed by atoms with Crippen LogP contribution >= 0.6 is 0 Å². The molecule has 0 unspecified atom stereocenters. The lowest BCUT2D eigenvalue weighted by molar-refractivity contribution is 0.472. The van der Waals surface area contributed by atoms with E-state index in [-0.39, 0.29) is 0 Å². The summed E-state index contributed by atoms with van der Waals surface area (Å²) in [5.41, 5.74) is 4.03. The number of rotatable bonds is 1. The van der Waals surface area contributed by atoms with Gasteiger partial charge in [0.05, 0.1) is 17.9 Å². The van der Waals surface area contributed by atoms with Crippen molar-refractivity contribution in [2.45, 2.75) is 33.4 Å². The number of hydrogen-bond acceptors (Lipinski definition) is 2. The molecule has 0 radical (unpaired) electrons. The summed E-state index contributed by atoms with van der Waals surface area (Å²) in [5, 5.41) is 7.87. The van der Waals surface area contributed by atoms with Crippen LogP contribution in [0.4, 0.5) is 0 Å². The highest BCUT2D eigenvalue weighted by Crippen LogP contribution is 2.16. The average Bonchev–Trinajstić information content (AvgIpc) is 2.40. The monoisotopic (exact) mass is 165 g/mol. The van der Waals surface area contributed by atoms with Crippen LogP contribution in [-0.4, -0.2) is 16.3 Å². The van der Waals surface area contributed by atoms with Crippen molar-refractivity contribution >= 4 is 0 Å². The molecule has 0 fully saturated rings. The van der Waals surface area contributed by atoms with E-state index in [1.807, 2.05) is 0 Å². The normalized spacial score (nSPS) is 16.2. The third-order valence-electron chi connectivity index (χ3n) is 2.51. The van der Waals surface area contributed by atoms with Gasteiger partial charge in [-0.05, 0) is 18.9 Å². The molecule has 3 nitrogen and oxygen atoms in total. The van der Waals surface area contributed by atoms with Gasteiger partial charge >= 0.3 is 0 Å². The molecule has 0 aromatic carbocycles. The number of aromatic nitrogens is 2. The third-order valence-corrected chi connectivity index (χ3v) is 2.51. The second-order valence-electron chi connectivity index (χ2n) is 3.26. The largest absolute Gasteiger partial charge is 0.309 e. The maximum absolute atomic E-state index is 4.50. The molecular weight excluding hydrogens is 150 g/mol. The van der Waals surface area contributed by atoms with Crippen LogP contribution < -0.4 is 5.32 Å². The minimum atomic E-state index is 0.990. The van der Waals surface area contributed by atoms with Gasteiger partial charge in [0.15, 0.2) is 0 Å². The third kappa shape index (κ3) is 1.05. The Morgan fingerprint density at radius 1 is 1.58 bits per heavy atom. The molecule has 0 saturated carbocycles. The van der Waals surface area contributed by atoms with Crippen molar-refractivity contribution in [1.29, 1.82) is 0 Å². The first-order valence-corrected chi connectivity index (χ1v) is 4.58. The van der Waals surface area contributed by atoms with Crippen LogP contribution in [0, 0.1) is 6.92 Å². The summed E-state index contributed by atoms with van der Waals surface area (Å²) >= 11 is 0. The van der Waals surface area contributed by atoms with Crippen LogP contribution in [0.3, 0.4) is 0 Å². The quantitative estimate of drug-likeness (QED) is 0.668. The number of hydrogen-bond donors (Lipinski definition) is 1. The molecule has 1 aliphatic rings. The van der Waals surface area contributed by atoms with Crippen LogP contribution in [-0.2, 0) is 19.5 Å². The van der Waals surface area contributed by atoms with Crippen molar-refractivity contribution in [3.63, 3.8) is 0 Å². The van der Waals surface area contributed by atoms with Gasteiger partial charge in [0.1, 0.15) is 0 Å². The Morgan fingerprint density at radius 2 is 2.42 bits per heavy atom. The van der Waals surface area contributed by atoms with E-state index >= 15 is 0 Å². The number of nitrogens with zero attached hydrogens (tertiary/aromatic N) is 2. The van der Waals surface area contributed by atoms with E-state index in [4.69, 9.17) is 0 Å². The summed E-state index contributed by atoms with van der Waals surface area (Å²) in [6.07, 6.45) is 1.10. The highest BCUT2D eigenvalue weighted by atomic mass is 15.3. The minimum absolute atomic E-state index is 0.990. The molecule has 2 heterocycles. The Balaban J connectivity index is 2.46. The van der Waals surface area contributed by atoms with E-state index in [0.29, 0.717) is 0 Å². The predicted octanol–water partition coefficient (Wildman–Crippen LogP) is 0.857. The molecule has 3 heteroatoms. The first-order valence-electron chi connectivity index (χ1n) is 4.58. The van der Waals surface area contributed by atoms with Gasteiger partial charge in [0.2, 0.25) is 0 Å². The first-order chi connectivity index (χ1) is 5.83. The SMILES string of the molecule is CCc1c(C)nn2c1CNCC2. The Hall–Kier alpha value is -0.830. The molecule has 1 aromatic rings. The molecule has 1 N–H and O–H groups in total. The fourth-order valence-electron chi connectivity index (χ4n) is 1.90. The van der Waals surface area contributed by atoms with Gasteiger partial charge in [-0.25, -0.2) is 0 Å². The predicted molar refractivity (Wildman–Crippen MR) is 48.0 cm³/mol. The fourth-order valence-corrected chi connectivity index (χ4v) is 1.90. The van der Waals surface area contributed by atoms with Crippen molar-refractivity contribution in [2.75, 3.05) is 6.54 Å². The molecule has 0 aliphatic carbocycles. The summed E-state index contributed by atoms with van der Waals surface area (Å²) < 4.78 is 2.14. The van der Waals surface area contributed by atoms with Gasteiger partial charge in [0.25, 0.3) is 0 Å². The lowest BCUT2D eigenvalue weighted by atomic mass is 10.1. The number of nitrogens with one attached hydrogen (secondary N) is 1. The van der Waals surface area contributed by atoms with Crippen molar-refractivity contribution in [1.82, 2.24) is 15.1 Å². The Labute approximate surface area is 72.8 Å². The zero-order valence-electron chi connectivity index (χ0n) is 7.72. The van der Waals surface area contributed by atoms with Crippen molar-refractivity contribution in [3.05, 3.63) is 17.0 Å². The lowest BCUT2D eigenvalue weighted by Crippen LogP contribution is -2.28. The molecule has 1 aromatic heterocycles. The van der Waals surface area contributed by atoms with Gasteiger partial charge < -0.3 is 5.32 Å². The zero-order chi connectivity index (χ0) is 8.55. The summed E-state index contributed by atoms with van der Waals surface area (Å²) in [4.78, 5) is 0. The lowest BCUT2D eigenvalue weighted by Gasteiger charge is -2.15. The van der Waals surface area contributed by atoms with E-state index < -0.39 is 0 Å². The van der Waals surface area contributed by atoms with Gasteiger partial charge in [-0.1, -0.05) is 6.92 Å². The first kappa shape index (κ1) is 7.80. The fraction of sp³-hybridized carbons (Fsp3) is 0.667. The van der Waals surface area contributed by atoms with E-state index in [1.54, 1.807) is 0 Å². The average molecular weight is 165 g/mol. The molecular formula is C9H15N3. The Morgan fingerprint density at radius 3 is 3.17 bits per heavy atom. The number of fused-ring (bicyclic) bond motifs is 1. The van der Waals surface area contributed by atoms with Crippen LogP contribution in [0.15, 0.2) is 0 Å². The molecule has 0 bridgehead atoms. The second-order valence-corrected chi connectivity index (χ2v) is 3.26. The van der Waals surface area contributed by atoms with Gasteiger partial charge in [-0.2, -0.15) is 5.10 Å². The summed E-state index contributed by atoms with van der Waals surface area (Å²) in [5.74, 6) is 0. The maximum Gasteiger partial charge on any atom is 0.0628 e. The van der Waals surface area contributed by atoms with E-state index in [0.717, 1.165) is 26.1 Å². The maximum atomic E-state index is 4.50. The molecule has 12 heavy (non-hydrogen) atoms. The summed E-state index contributed by atoms with van der Waals surface area (Å²) in [7, 11) is 0. The van der Waals surface area contributed by atoms with Crippen LogP contribution in [0.25, 0.3) is 0 Å². The van der Waals surface area contributed by atoms with Crippen LogP contribution in [0.2, 0.25) is 0 Å². The van der Waals surface area contributed by atoms with Crippen molar-refractivity contribution in [2.24, 2.45) is 0 Å². The van der Waals surface area contributed by atoms with Crippen molar-refractivity contribution < 1.29 is 0 Å². The number of aryl methyl sites for hydroxylation is 1. The zero-order valence-corrected chi connectivity index (χ0v) is 7.72. The van der Waals surface area contributed by atoms with Gasteiger partial charge in [-0.3, -0.25) is 4.68 Å². The highest BCUT2D eigenvalue weighted by molar-refractivity contribution is 5.26. The molecule has 0 saturated heterocycles. The molecule has 2 rings (SSSR count). The summed E-state index contributed by atoms with van der Waals surface area (Å²) in [6, 6.07) is 0. The molecule has 0 amide bonds. The standard InChI is InChI=1S/C9H15N3/c1-3-8-7(2)11-12-5-4-10-6-9(8)12/h10H,3-6H2,1-2H3. The van der Waals surface area contributed by atoms with Gasteiger partial charge in [-0.15, -0.1) is 0 Å². The van der Waals surface area contributed by atoms with E-state index in [9.17, 15) is 0 Å². The van der Waals surface area contributed by atoms with E-state index in [1.165, 1.54) is 17.0 Å². The smallest absolute Gasteiger partial charge is 0.0628 e. The highest BCUT2D eigenvalue weighted by Gasteiger charge is 2.15. The molecule has 0 spiro atoms.